The maximum atomic E-state index is 12.9. The number of thiophene rings is 1. The predicted molar refractivity (Wildman–Crippen MR) is 180 cm³/mol. The molecule has 3 unspecified atom stereocenters. The topological polar surface area (TPSA) is 176 Å². The third kappa shape index (κ3) is 10.0. The summed E-state index contributed by atoms with van der Waals surface area (Å²) in [5.41, 5.74) is -0.0203. The van der Waals surface area contributed by atoms with E-state index in [1.807, 2.05) is 0 Å². The van der Waals surface area contributed by atoms with Crippen LogP contribution in [0.5, 0.6) is 11.5 Å². The highest BCUT2D eigenvalue weighted by atomic mass is 32.1. The van der Waals surface area contributed by atoms with Gasteiger partial charge in [-0.1, -0.05) is 18.2 Å². The molecule has 4 rings (SSSR count). The van der Waals surface area contributed by atoms with Gasteiger partial charge in [-0.25, -0.2) is 14.4 Å². The Morgan fingerprint density at radius 2 is 1.62 bits per heavy atom. The number of carbonyl (C=O) groups excluding carboxylic acids is 6. The lowest BCUT2D eigenvalue weighted by atomic mass is 10.0. The fraction of sp³-hybridized carbons (Fsp3) is 0.371. The van der Waals surface area contributed by atoms with Crippen molar-refractivity contribution in [3.05, 3.63) is 82.0 Å². The zero-order chi connectivity index (χ0) is 36.4. The van der Waals surface area contributed by atoms with Crippen LogP contribution in [-0.2, 0) is 40.0 Å². The van der Waals surface area contributed by atoms with Crippen molar-refractivity contribution in [1.82, 2.24) is 15.5 Å². The van der Waals surface area contributed by atoms with E-state index in [1.54, 1.807) is 69.7 Å². The Bertz CT molecular complexity index is 1670. The average Bonchev–Trinajstić information content (AvgIpc) is 3.63. The van der Waals surface area contributed by atoms with Crippen molar-refractivity contribution in [2.45, 2.75) is 57.5 Å². The lowest BCUT2D eigenvalue weighted by Gasteiger charge is -2.42. The molecule has 0 aliphatic carbocycles. The number of likely N-dealkylation sites (tertiary alicyclic amines) is 1. The summed E-state index contributed by atoms with van der Waals surface area (Å²) in [5.74, 6) is -2.68. The number of rotatable bonds is 15. The number of nitrogens with zero attached hydrogens (tertiary/aromatic N) is 1. The van der Waals surface area contributed by atoms with Crippen molar-refractivity contribution in [1.29, 1.82) is 0 Å². The molecule has 1 aliphatic heterocycles. The number of hydrogen-bond acceptors (Lipinski definition) is 12. The molecule has 14 nitrogen and oxygen atoms in total. The second-order valence-electron chi connectivity index (χ2n) is 12.1. The number of alkyl carbamates (subject to hydrolysis) is 1. The lowest BCUT2D eigenvalue weighted by Crippen LogP contribution is -2.66. The molecule has 2 aromatic carbocycles. The first-order chi connectivity index (χ1) is 23.8. The third-order valence-corrected chi connectivity index (χ3v) is 8.25. The van der Waals surface area contributed by atoms with Crippen LogP contribution in [0.15, 0.2) is 66.0 Å². The van der Waals surface area contributed by atoms with E-state index in [2.05, 4.69) is 10.6 Å². The molecule has 0 radical (unpaired) electrons. The highest BCUT2D eigenvalue weighted by Crippen LogP contribution is 2.31. The van der Waals surface area contributed by atoms with Gasteiger partial charge in [-0.2, -0.15) is 0 Å². The molecular formula is C35H39N3O11S. The molecule has 0 spiro atoms. The van der Waals surface area contributed by atoms with Gasteiger partial charge in [-0.15, -0.1) is 11.3 Å². The molecule has 2 heterocycles. The quantitative estimate of drug-likeness (QED) is 0.0776. The van der Waals surface area contributed by atoms with E-state index < -0.39 is 59.4 Å². The van der Waals surface area contributed by atoms with Crippen LogP contribution >= 0.6 is 11.3 Å². The van der Waals surface area contributed by atoms with Crippen LogP contribution in [0.4, 0.5) is 4.79 Å². The first kappa shape index (κ1) is 37.4. The van der Waals surface area contributed by atoms with Crippen LogP contribution in [0, 0.1) is 0 Å². The van der Waals surface area contributed by atoms with Gasteiger partial charge < -0.3 is 39.2 Å². The SMILES string of the molecule is COC(=O)C(c1cccs1)N1CC(NC(=O)C(=O)c2ccc(OCCC(NC(=O)OC(C)(C)C)C(=O)OCc3ccc(OC)cc3)cc2)C1=O. The molecule has 3 atom stereocenters. The van der Waals surface area contributed by atoms with Gasteiger partial charge in [0.2, 0.25) is 11.7 Å². The van der Waals surface area contributed by atoms with E-state index in [9.17, 15) is 28.8 Å². The van der Waals surface area contributed by atoms with Crippen molar-refractivity contribution >= 4 is 47.0 Å². The summed E-state index contributed by atoms with van der Waals surface area (Å²) in [6, 6.07) is 13.1. The fourth-order valence-electron chi connectivity index (χ4n) is 4.78. The largest absolute Gasteiger partial charge is 0.497 e. The zero-order valence-corrected chi connectivity index (χ0v) is 29.1. The Kier molecular flexibility index (Phi) is 12.5. The summed E-state index contributed by atoms with van der Waals surface area (Å²) in [5, 5.41) is 6.72. The third-order valence-electron chi connectivity index (χ3n) is 7.33. The fourth-order valence-corrected chi connectivity index (χ4v) is 5.60. The van der Waals surface area contributed by atoms with Crippen LogP contribution in [0.3, 0.4) is 0 Å². The highest BCUT2D eigenvalue weighted by molar-refractivity contribution is 7.10. The number of hydrogen-bond donors (Lipinski definition) is 2. The minimum Gasteiger partial charge on any atom is -0.497 e. The summed E-state index contributed by atoms with van der Waals surface area (Å²) in [6.07, 6.45) is -0.772. The van der Waals surface area contributed by atoms with Crippen LogP contribution in [-0.4, -0.2) is 85.6 Å². The predicted octanol–water partition coefficient (Wildman–Crippen LogP) is 3.59. The van der Waals surface area contributed by atoms with E-state index in [0.717, 1.165) is 5.56 Å². The number of nitrogens with one attached hydrogen (secondary N) is 2. The minimum atomic E-state index is -1.09. The zero-order valence-electron chi connectivity index (χ0n) is 28.3. The van der Waals surface area contributed by atoms with Gasteiger partial charge in [0.1, 0.15) is 35.8 Å². The molecule has 3 amide bonds. The van der Waals surface area contributed by atoms with Gasteiger partial charge >= 0.3 is 18.0 Å². The molecule has 3 aromatic rings. The Labute approximate surface area is 293 Å². The van der Waals surface area contributed by atoms with Crippen LogP contribution in [0.2, 0.25) is 0 Å². The van der Waals surface area contributed by atoms with E-state index in [0.29, 0.717) is 16.4 Å². The second kappa shape index (κ2) is 16.8. The van der Waals surface area contributed by atoms with Gasteiger partial charge in [-0.05, 0) is 74.2 Å². The number of methoxy groups -OCH3 is 2. The number of ketones is 1. The average molecular weight is 710 g/mol. The van der Waals surface area contributed by atoms with Crippen molar-refractivity contribution in [2.75, 3.05) is 27.4 Å². The molecule has 1 saturated heterocycles. The number of β-lactam (4-membered cyclic amide) rings is 1. The first-order valence-electron chi connectivity index (χ1n) is 15.6. The Hall–Kier alpha value is -5.44. The monoisotopic (exact) mass is 709 g/mol. The summed E-state index contributed by atoms with van der Waals surface area (Å²) in [4.78, 5) is 77.9. The number of esters is 2. The number of amides is 3. The lowest BCUT2D eigenvalue weighted by molar-refractivity contribution is -0.161. The first-order valence-corrected chi connectivity index (χ1v) is 16.5. The molecule has 0 bridgehead atoms. The van der Waals surface area contributed by atoms with Crippen LogP contribution in [0.25, 0.3) is 0 Å². The normalized spacial score (nSPS) is 15.1. The molecule has 50 heavy (non-hydrogen) atoms. The summed E-state index contributed by atoms with van der Waals surface area (Å²) < 4.78 is 26.5. The van der Waals surface area contributed by atoms with Crippen LogP contribution < -0.4 is 20.1 Å². The number of Topliss-reactive ketones (excluding diaryl/α,β-unsaturated/α-hetero) is 1. The van der Waals surface area contributed by atoms with E-state index in [1.165, 1.54) is 47.6 Å². The standard InChI is InChI=1S/C35H39N3O11S/c1-35(2,3)49-34(44)37-25(32(42)48-20-21-8-12-23(45-4)13-9-21)16-17-47-24-14-10-22(11-15-24)29(39)30(40)36-26-19-38(31(26)41)28(33(43)46-5)27-7-6-18-50-27/h6-15,18,25-26,28H,16-17,19-20H2,1-5H3,(H,36,40)(H,37,44). The molecule has 2 N–H and O–H groups in total. The van der Waals surface area contributed by atoms with Crippen molar-refractivity contribution in [3.8, 4) is 11.5 Å². The molecule has 1 aliphatic rings. The van der Waals surface area contributed by atoms with Crippen LogP contribution in [0.1, 0.15) is 54.0 Å². The van der Waals surface area contributed by atoms with Crippen molar-refractivity contribution in [3.63, 3.8) is 0 Å². The Morgan fingerprint density at radius 3 is 2.20 bits per heavy atom. The van der Waals surface area contributed by atoms with Gasteiger partial charge in [-0.3, -0.25) is 14.4 Å². The van der Waals surface area contributed by atoms with E-state index in [4.69, 9.17) is 23.7 Å². The Morgan fingerprint density at radius 1 is 0.940 bits per heavy atom. The molecule has 0 saturated carbocycles. The number of benzene rings is 2. The minimum absolute atomic E-state index is 0.0236. The summed E-state index contributed by atoms with van der Waals surface area (Å²) >= 11 is 1.29. The molecule has 15 heteroatoms. The second-order valence-corrected chi connectivity index (χ2v) is 13.1. The highest BCUT2D eigenvalue weighted by Gasteiger charge is 2.46. The van der Waals surface area contributed by atoms with Gasteiger partial charge in [0, 0.05) is 16.9 Å². The molecule has 1 aromatic heterocycles. The van der Waals surface area contributed by atoms with Gasteiger partial charge in [0.05, 0.1) is 27.4 Å². The summed E-state index contributed by atoms with van der Waals surface area (Å²) in [6.45, 7) is 5.06. The van der Waals surface area contributed by atoms with Gasteiger partial charge in [0.15, 0.2) is 6.04 Å². The van der Waals surface area contributed by atoms with Crippen molar-refractivity contribution < 1.29 is 52.5 Å². The molecule has 266 valence electrons. The maximum absolute atomic E-state index is 12.9. The van der Waals surface area contributed by atoms with E-state index >= 15 is 0 Å². The summed E-state index contributed by atoms with van der Waals surface area (Å²) in [7, 11) is 2.77. The molecular weight excluding hydrogens is 670 g/mol. The Balaban J connectivity index is 1.29. The molecule has 1 fully saturated rings. The number of ether oxygens (including phenoxy) is 5. The van der Waals surface area contributed by atoms with E-state index in [-0.39, 0.29) is 31.7 Å². The van der Waals surface area contributed by atoms with Crippen molar-refractivity contribution in [2.24, 2.45) is 0 Å². The van der Waals surface area contributed by atoms with Gasteiger partial charge in [0.25, 0.3) is 5.91 Å². The number of carbonyl (C=O) groups is 6. The smallest absolute Gasteiger partial charge is 0.408 e. The maximum Gasteiger partial charge on any atom is 0.408 e.